The summed E-state index contributed by atoms with van der Waals surface area (Å²) in [6.45, 7) is 2.16. The SMILES string of the molecule is N=C(N)N1CCCC(CC2C(=O)N(C(=O)N3CCN(C(=O)OCCOc4ccccc4)CC3)C2C(=O)O)C1. The second kappa shape index (κ2) is 12.0. The van der Waals surface area contributed by atoms with Crippen LogP contribution in [0.4, 0.5) is 9.59 Å². The highest BCUT2D eigenvalue weighted by Gasteiger charge is 2.56. The van der Waals surface area contributed by atoms with Gasteiger partial charge in [0, 0.05) is 39.3 Å². The number of carboxylic acids is 1. The second-order valence-corrected chi connectivity index (χ2v) is 9.71. The van der Waals surface area contributed by atoms with Crippen LogP contribution in [0.5, 0.6) is 5.75 Å². The highest BCUT2D eigenvalue weighted by atomic mass is 16.6. The summed E-state index contributed by atoms with van der Waals surface area (Å²) in [7, 11) is 0. The molecule has 0 aliphatic carbocycles. The van der Waals surface area contributed by atoms with Crippen LogP contribution in [0.25, 0.3) is 0 Å². The fourth-order valence-corrected chi connectivity index (χ4v) is 5.24. The molecule has 13 heteroatoms. The average molecular weight is 531 g/mol. The number of rotatable bonds is 7. The summed E-state index contributed by atoms with van der Waals surface area (Å²) < 4.78 is 10.7. The van der Waals surface area contributed by atoms with Gasteiger partial charge < -0.3 is 35.0 Å². The number of carbonyl (C=O) groups is 4. The predicted octanol–water partition coefficient (Wildman–Crippen LogP) is 0.847. The largest absolute Gasteiger partial charge is 0.490 e. The van der Waals surface area contributed by atoms with Crippen molar-refractivity contribution in [1.29, 1.82) is 5.41 Å². The third kappa shape index (κ3) is 6.09. The number of carbonyl (C=O) groups excluding carboxylic acids is 3. The normalized spacial score (nSPS) is 23.5. The maximum atomic E-state index is 13.1. The third-order valence-electron chi connectivity index (χ3n) is 7.25. The zero-order valence-electron chi connectivity index (χ0n) is 21.2. The number of hydrogen-bond donors (Lipinski definition) is 3. The molecule has 206 valence electrons. The van der Waals surface area contributed by atoms with Gasteiger partial charge in [0.2, 0.25) is 5.91 Å². The third-order valence-corrected chi connectivity index (χ3v) is 7.25. The average Bonchev–Trinajstić information content (AvgIpc) is 2.92. The molecule has 0 saturated carbocycles. The number of nitrogens with zero attached hydrogens (tertiary/aromatic N) is 4. The van der Waals surface area contributed by atoms with Crippen molar-refractivity contribution in [3.8, 4) is 5.75 Å². The number of imide groups is 1. The number of benzene rings is 1. The van der Waals surface area contributed by atoms with Gasteiger partial charge in [-0.05, 0) is 37.3 Å². The molecule has 0 aromatic heterocycles. The molecule has 3 aliphatic heterocycles. The molecule has 3 aliphatic rings. The summed E-state index contributed by atoms with van der Waals surface area (Å²) in [5, 5.41) is 17.4. The van der Waals surface area contributed by atoms with Crippen LogP contribution >= 0.6 is 0 Å². The Balaban J connectivity index is 1.23. The van der Waals surface area contributed by atoms with E-state index in [1.807, 2.05) is 18.2 Å². The van der Waals surface area contributed by atoms with E-state index in [4.69, 9.17) is 20.6 Å². The van der Waals surface area contributed by atoms with E-state index in [1.165, 1.54) is 9.80 Å². The summed E-state index contributed by atoms with van der Waals surface area (Å²) >= 11 is 0. The van der Waals surface area contributed by atoms with Gasteiger partial charge in [0.05, 0.1) is 5.92 Å². The Hall–Kier alpha value is -4.03. The molecular weight excluding hydrogens is 496 g/mol. The van der Waals surface area contributed by atoms with Gasteiger partial charge in [-0.25, -0.2) is 19.3 Å². The number of aliphatic carboxylic acids is 1. The number of piperidine rings is 1. The number of likely N-dealkylation sites (tertiary alicyclic amines) is 2. The number of para-hydroxylation sites is 1. The van der Waals surface area contributed by atoms with E-state index in [9.17, 15) is 24.3 Å². The van der Waals surface area contributed by atoms with Crippen molar-refractivity contribution in [3.63, 3.8) is 0 Å². The topological polar surface area (TPSA) is 170 Å². The molecule has 1 aromatic rings. The van der Waals surface area contributed by atoms with Crippen LogP contribution in [0, 0.1) is 17.2 Å². The minimum Gasteiger partial charge on any atom is -0.490 e. The predicted molar refractivity (Wildman–Crippen MR) is 134 cm³/mol. The zero-order valence-corrected chi connectivity index (χ0v) is 21.2. The molecule has 3 saturated heterocycles. The first-order chi connectivity index (χ1) is 18.3. The van der Waals surface area contributed by atoms with Crippen molar-refractivity contribution >= 4 is 30.0 Å². The van der Waals surface area contributed by atoms with Crippen LogP contribution < -0.4 is 10.5 Å². The van der Waals surface area contributed by atoms with E-state index in [2.05, 4.69) is 0 Å². The van der Waals surface area contributed by atoms with Crippen LogP contribution in [0.3, 0.4) is 0 Å². The Kier molecular flexibility index (Phi) is 8.54. The summed E-state index contributed by atoms with van der Waals surface area (Å²) in [5.41, 5.74) is 5.59. The number of amides is 4. The lowest BCUT2D eigenvalue weighted by Crippen LogP contribution is -2.70. The van der Waals surface area contributed by atoms with Crippen LogP contribution in [0.15, 0.2) is 30.3 Å². The summed E-state index contributed by atoms with van der Waals surface area (Å²) in [4.78, 5) is 55.7. The number of guanidine groups is 1. The summed E-state index contributed by atoms with van der Waals surface area (Å²) in [6.07, 6.45) is 1.42. The number of nitrogens with one attached hydrogen (secondary N) is 1. The zero-order chi connectivity index (χ0) is 27.2. The van der Waals surface area contributed by atoms with Crippen LogP contribution in [-0.4, -0.2) is 113 Å². The molecular formula is C25H34N6O7. The maximum Gasteiger partial charge on any atom is 0.410 e. The molecule has 3 unspecified atom stereocenters. The molecule has 13 nitrogen and oxygen atoms in total. The second-order valence-electron chi connectivity index (χ2n) is 9.71. The van der Waals surface area contributed by atoms with Gasteiger partial charge in [-0.2, -0.15) is 0 Å². The molecule has 4 amide bonds. The van der Waals surface area contributed by atoms with E-state index in [1.54, 1.807) is 17.0 Å². The summed E-state index contributed by atoms with van der Waals surface area (Å²) in [5.74, 6) is -1.85. The number of β-lactam (4-membered cyclic amide) rings is 1. The van der Waals surface area contributed by atoms with E-state index in [-0.39, 0.29) is 51.3 Å². The lowest BCUT2D eigenvalue weighted by atomic mass is 9.78. The molecule has 3 atom stereocenters. The first kappa shape index (κ1) is 27.0. The van der Waals surface area contributed by atoms with E-state index in [0.717, 1.165) is 17.7 Å². The molecule has 38 heavy (non-hydrogen) atoms. The number of hydrogen-bond acceptors (Lipinski definition) is 7. The first-order valence-corrected chi connectivity index (χ1v) is 12.8. The fourth-order valence-electron chi connectivity index (χ4n) is 5.24. The number of carboxylic acid groups (broad SMARTS) is 1. The van der Waals surface area contributed by atoms with Crippen molar-refractivity contribution < 1.29 is 33.8 Å². The van der Waals surface area contributed by atoms with Crippen molar-refractivity contribution in [2.24, 2.45) is 17.6 Å². The molecule has 3 fully saturated rings. The molecule has 4 N–H and O–H groups in total. The van der Waals surface area contributed by atoms with Crippen molar-refractivity contribution in [2.45, 2.75) is 25.3 Å². The molecule has 1 aromatic carbocycles. The number of ether oxygens (including phenoxy) is 2. The molecule has 0 spiro atoms. The van der Waals surface area contributed by atoms with Gasteiger partial charge in [0.25, 0.3) is 0 Å². The highest BCUT2D eigenvalue weighted by Crippen LogP contribution is 2.36. The van der Waals surface area contributed by atoms with Gasteiger partial charge in [-0.1, -0.05) is 18.2 Å². The Morgan fingerprint density at radius 3 is 2.34 bits per heavy atom. The lowest BCUT2D eigenvalue weighted by Gasteiger charge is -2.47. The van der Waals surface area contributed by atoms with Gasteiger partial charge in [0.1, 0.15) is 19.0 Å². The Labute approximate surface area is 220 Å². The van der Waals surface area contributed by atoms with Crippen LogP contribution in [-0.2, 0) is 14.3 Å². The number of urea groups is 1. The molecule has 0 bridgehead atoms. The van der Waals surface area contributed by atoms with E-state index < -0.39 is 36.0 Å². The molecule has 0 radical (unpaired) electrons. The van der Waals surface area contributed by atoms with E-state index in [0.29, 0.717) is 25.3 Å². The molecule has 3 heterocycles. The molecule has 4 rings (SSSR count). The van der Waals surface area contributed by atoms with Gasteiger partial charge >= 0.3 is 18.1 Å². The van der Waals surface area contributed by atoms with Gasteiger partial charge in [0.15, 0.2) is 12.0 Å². The Morgan fingerprint density at radius 2 is 1.68 bits per heavy atom. The van der Waals surface area contributed by atoms with Crippen LogP contribution in [0.1, 0.15) is 19.3 Å². The maximum absolute atomic E-state index is 13.1. The Morgan fingerprint density at radius 1 is 1.00 bits per heavy atom. The first-order valence-electron chi connectivity index (χ1n) is 12.8. The smallest absolute Gasteiger partial charge is 0.410 e. The van der Waals surface area contributed by atoms with Crippen LogP contribution in [0.2, 0.25) is 0 Å². The fraction of sp³-hybridized carbons (Fsp3) is 0.560. The minimum absolute atomic E-state index is 0.0216. The number of nitrogens with two attached hydrogens (primary N) is 1. The standard InChI is InChI=1S/C25H34N6O7/c26-23(27)30-8-4-5-17(16-30)15-19-20(22(33)34)31(21(19)32)24(35)28-9-11-29(12-10-28)25(36)38-14-13-37-18-6-2-1-3-7-18/h1-3,6-7,17,19-20H,4-5,8-16H2,(H3,26,27)(H,33,34). The minimum atomic E-state index is -1.23. The van der Waals surface area contributed by atoms with Gasteiger partial charge in [-0.3, -0.25) is 10.2 Å². The lowest BCUT2D eigenvalue weighted by molar-refractivity contribution is -0.167. The monoisotopic (exact) mass is 530 g/mol. The quantitative estimate of drug-likeness (QED) is 0.200. The Bertz CT molecular complexity index is 1050. The highest BCUT2D eigenvalue weighted by molar-refractivity contribution is 6.07. The van der Waals surface area contributed by atoms with E-state index >= 15 is 0 Å². The van der Waals surface area contributed by atoms with Crippen molar-refractivity contribution in [1.82, 2.24) is 19.6 Å². The van der Waals surface area contributed by atoms with Gasteiger partial charge in [-0.15, -0.1) is 0 Å². The summed E-state index contributed by atoms with van der Waals surface area (Å²) in [6, 6.07) is 7.28. The van der Waals surface area contributed by atoms with Crippen molar-refractivity contribution in [3.05, 3.63) is 30.3 Å². The number of piperazine rings is 1. The van der Waals surface area contributed by atoms with Crippen molar-refractivity contribution in [2.75, 3.05) is 52.5 Å².